The number of rotatable bonds is 7. The first-order valence-corrected chi connectivity index (χ1v) is 19.9. The van der Waals surface area contributed by atoms with Gasteiger partial charge in [-0.05, 0) is 109 Å². The topological polar surface area (TPSA) is 204 Å². The number of halogens is 1. The third kappa shape index (κ3) is 9.88. The van der Waals surface area contributed by atoms with Crippen molar-refractivity contribution in [1.82, 2.24) is 44.4 Å². The highest BCUT2D eigenvalue weighted by molar-refractivity contribution is 5.93. The molecule has 316 valence electrons. The molecule has 6 heterocycles. The molecular formula is C43H51ClN10O6. The quantitative estimate of drug-likeness (QED) is 0.119. The van der Waals surface area contributed by atoms with E-state index in [2.05, 4.69) is 34.4 Å². The molecule has 3 N–H and O–H groups in total. The lowest BCUT2D eigenvalue weighted by Crippen LogP contribution is -2.41. The number of esters is 2. The van der Waals surface area contributed by atoms with Gasteiger partial charge in [0.05, 0.1) is 48.7 Å². The molecule has 2 aliphatic carbocycles. The Morgan fingerprint density at radius 2 is 1.22 bits per heavy atom. The molecule has 0 aliphatic heterocycles. The SMILES string of the molecule is COC(=O)c1cc2nc(-c3ccccn3)n([C@@H]3CCC[C@H](N)C3)c2cn1.COC(=O)c1cc2nc(-c3ccccn3)n([C@@H]3CCC[C@H](NC(=O)OC(C)(C)C)C3)c2cn1.Cl. The smallest absolute Gasteiger partial charge is 0.407 e. The van der Waals surface area contributed by atoms with E-state index < -0.39 is 23.6 Å². The molecule has 6 aromatic heterocycles. The van der Waals surface area contributed by atoms with Crippen molar-refractivity contribution in [3.63, 3.8) is 0 Å². The van der Waals surface area contributed by atoms with Crippen LogP contribution in [-0.4, -0.2) is 89.0 Å². The van der Waals surface area contributed by atoms with E-state index in [1.54, 1.807) is 36.9 Å². The van der Waals surface area contributed by atoms with Gasteiger partial charge in [-0.3, -0.25) is 9.97 Å². The van der Waals surface area contributed by atoms with E-state index in [-0.39, 0.29) is 48.0 Å². The Morgan fingerprint density at radius 3 is 1.67 bits per heavy atom. The maximum atomic E-state index is 12.3. The molecule has 4 atom stereocenters. The molecule has 0 radical (unpaired) electrons. The van der Waals surface area contributed by atoms with Crippen molar-refractivity contribution in [2.24, 2.45) is 5.73 Å². The predicted octanol–water partition coefficient (Wildman–Crippen LogP) is 7.43. The lowest BCUT2D eigenvalue weighted by Gasteiger charge is -2.32. The van der Waals surface area contributed by atoms with Gasteiger partial charge in [-0.15, -0.1) is 12.4 Å². The Labute approximate surface area is 354 Å². The van der Waals surface area contributed by atoms with Gasteiger partial charge in [-0.25, -0.2) is 34.3 Å². The van der Waals surface area contributed by atoms with Crippen molar-refractivity contribution in [2.75, 3.05) is 14.2 Å². The number of carbonyl (C=O) groups excluding carboxylic acids is 3. The van der Waals surface area contributed by atoms with Crippen LogP contribution in [0, 0.1) is 0 Å². The number of alkyl carbamates (subject to hydrolysis) is 1. The molecule has 0 bridgehead atoms. The van der Waals surface area contributed by atoms with Gasteiger partial charge < -0.3 is 34.4 Å². The van der Waals surface area contributed by atoms with Gasteiger partial charge in [-0.2, -0.15) is 0 Å². The number of methoxy groups -OCH3 is 2. The van der Waals surface area contributed by atoms with Crippen LogP contribution in [0.25, 0.3) is 45.1 Å². The van der Waals surface area contributed by atoms with Gasteiger partial charge in [0.1, 0.15) is 17.0 Å². The Bertz CT molecular complexity index is 2440. The maximum Gasteiger partial charge on any atom is 0.407 e. The highest BCUT2D eigenvalue weighted by Gasteiger charge is 2.31. The number of pyridine rings is 4. The van der Waals surface area contributed by atoms with Crippen LogP contribution in [0.5, 0.6) is 0 Å². The van der Waals surface area contributed by atoms with Gasteiger partial charge in [0.25, 0.3) is 0 Å². The van der Waals surface area contributed by atoms with Crippen LogP contribution in [-0.2, 0) is 14.2 Å². The van der Waals surface area contributed by atoms with Crippen LogP contribution in [0.4, 0.5) is 4.79 Å². The molecule has 60 heavy (non-hydrogen) atoms. The molecule has 17 heteroatoms. The summed E-state index contributed by atoms with van der Waals surface area (Å²) in [5.41, 5.74) is 10.7. The Balaban J connectivity index is 0.000000203. The van der Waals surface area contributed by atoms with Crippen molar-refractivity contribution >= 4 is 52.5 Å². The second-order valence-corrected chi connectivity index (χ2v) is 15.9. The van der Waals surface area contributed by atoms with E-state index in [1.165, 1.54) is 14.2 Å². The Morgan fingerprint density at radius 1 is 0.717 bits per heavy atom. The first-order valence-electron chi connectivity index (χ1n) is 19.9. The minimum Gasteiger partial charge on any atom is -0.464 e. The number of fused-ring (bicyclic) bond motifs is 2. The monoisotopic (exact) mass is 838 g/mol. The van der Waals surface area contributed by atoms with Gasteiger partial charge in [0.2, 0.25) is 0 Å². The number of imidazole rings is 2. The van der Waals surface area contributed by atoms with E-state index in [0.29, 0.717) is 16.9 Å². The largest absolute Gasteiger partial charge is 0.464 e. The lowest BCUT2D eigenvalue weighted by atomic mass is 9.90. The number of nitrogens with two attached hydrogens (primary N) is 1. The van der Waals surface area contributed by atoms with Crippen LogP contribution in [0.3, 0.4) is 0 Å². The number of hydrogen-bond acceptors (Lipinski definition) is 13. The predicted molar refractivity (Wildman–Crippen MR) is 228 cm³/mol. The first kappa shape index (κ1) is 43.6. The van der Waals surface area contributed by atoms with Gasteiger partial charge >= 0.3 is 18.0 Å². The maximum absolute atomic E-state index is 12.3. The van der Waals surface area contributed by atoms with E-state index in [1.807, 2.05) is 57.2 Å². The summed E-state index contributed by atoms with van der Waals surface area (Å²) in [6.07, 6.45) is 14.0. The summed E-state index contributed by atoms with van der Waals surface area (Å²) in [5.74, 6) is 0.506. The third-order valence-corrected chi connectivity index (χ3v) is 10.5. The normalized spacial score (nSPS) is 19.0. The number of aromatic nitrogens is 8. The molecule has 0 saturated heterocycles. The molecule has 16 nitrogen and oxygen atoms in total. The van der Waals surface area contributed by atoms with Crippen LogP contribution < -0.4 is 11.1 Å². The minimum absolute atomic E-state index is 0. The molecule has 2 saturated carbocycles. The summed E-state index contributed by atoms with van der Waals surface area (Å²) in [4.78, 5) is 63.3. The Kier molecular flexibility index (Phi) is 13.8. The molecule has 1 amide bonds. The summed E-state index contributed by atoms with van der Waals surface area (Å²) < 4.78 is 19.3. The highest BCUT2D eigenvalue weighted by Crippen LogP contribution is 2.37. The average molecular weight is 839 g/mol. The number of carbonyl (C=O) groups is 3. The fourth-order valence-corrected chi connectivity index (χ4v) is 7.95. The van der Waals surface area contributed by atoms with Crippen LogP contribution in [0.2, 0.25) is 0 Å². The zero-order valence-corrected chi connectivity index (χ0v) is 35.2. The summed E-state index contributed by atoms with van der Waals surface area (Å²) >= 11 is 0. The summed E-state index contributed by atoms with van der Waals surface area (Å²) in [6, 6.07) is 15.2. The number of ether oxygens (including phenoxy) is 3. The zero-order chi connectivity index (χ0) is 41.7. The van der Waals surface area contributed by atoms with Crippen molar-refractivity contribution in [2.45, 2.75) is 102 Å². The second-order valence-electron chi connectivity index (χ2n) is 15.9. The van der Waals surface area contributed by atoms with E-state index in [9.17, 15) is 14.4 Å². The molecule has 0 spiro atoms. The number of hydrogen-bond donors (Lipinski definition) is 2. The first-order chi connectivity index (χ1) is 28.4. The van der Waals surface area contributed by atoms with Crippen LogP contribution >= 0.6 is 12.4 Å². The fraction of sp³-hybridized carbons (Fsp3) is 0.419. The van der Waals surface area contributed by atoms with Crippen molar-refractivity contribution in [3.05, 3.63) is 84.7 Å². The number of nitrogens with one attached hydrogen (secondary N) is 1. The molecular weight excluding hydrogens is 788 g/mol. The van der Waals surface area contributed by atoms with Crippen LogP contribution in [0.15, 0.2) is 73.3 Å². The lowest BCUT2D eigenvalue weighted by molar-refractivity contribution is 0.0484. The van der Waals surface area contributed by atoms with Crippen molar-refractivity contribution in [3.8, 4) is 23.0 Å². The van der Waals surface area contributed by atoms with Gasteiger partial charge in [0.15, 0.2) is 23.0 Å². The average Bonchev–Trinajstić information content (AvgIpc) is 3.82. The summed E-state index contributed by atoms with van der Waals surface area (Å²) in [7, 11) is 2.67. The molecule has 2 fully saturated rings. The minimum atomic E-state index is -0.548. The Hall–Kier alpha value is -6.00. The molecule has 8 rings (SSSR count). The second kappa shape index (κ2) is 18.9. The molecule has 0 unspecified atom stereocenters. The molecule has 2 aliphatic rings. The van der Waals surface area contributed by atoms with Crippen molar-refractivity contribution < 1.29 is 28.6 Å². The summed E-state index contributed by atoms with van der Waals surface area (Å²) in [5, 5.41) is 3.02. The van der Waals surface area contributed by atoms with Gasteiger partial charge in [0, 0.05) is 36.6 Å². The molecule has 0 aromatic carbocycles. The number of nitrogens with zero attached hydrogens (tertiary/aromatic N) is 8. The number of amides is 1. The van der Waals surface area contributed by atoms with E-state index in [0.717, 1.165) is 79.6 Å². The van der Waals surface area contributed by atoms with E-state index >= 15 is 0 Å². The highest BCUT2D eigenvalue weighted by atomic mass is 35.5. The van der Waals surface area contributed by atoms with Crippen molar-refractivity contribution in [1.29, 1.82) is 0 Å². The zero-order valence-electron chi connectivity index (χ0n) is 34.4. The van der Waals surface area contributed by atoms with Gasteiger partial charge in [-0.1, -0.05) is 12.1 Å². The standard InChI is InChI=1S/C24H29N5O4.C19H21N5O2.ClH/c1-24(2,3)33-23(31)27-15-8-7-9-16(12-15)29-20-14-26-19(22(30)32-4)13-18(20)28-21(29)17-10-5-6-11-25-17;1-26-19(25)16-10-15-17(11-22-16)24(13-6-4-5-12(20)9-13)18(23-15)14-7-2-3-8-21-14;/h5-6,10-11,13-16H,7-9,12H2,1-4H3,(H,27,31);2-3,7-8,10-13H,4-6,9,20H2,1H3;1H/t15-,16+;12-,13+;/m00./s1. The third-order valence-electron chi connectivity index (χ3n) is 10.5. The van der Waals surface area contributed by atoms with Crippen LogP contribution in [0.1, 0.15) is 105 Å². The molecule has 6 aromatic rings. The summed E-state index contributed by atoms with van der Waals surface area (Å²) in [6.45, 7) is 5.55. The fourth-order valence-electron chi connectivity index (χ4n) is 7.95. The van der Waals surface area contributed by atoms with E-state index in [4.69, 9.17) is 29.9 Å².